The van der Waals surface area contributed by atoms with E-state index in [1.807, 2.05) is 30.3 Å². The van der Waals surface area contributed by atoms with Gasteiger partial charge >= 0.3 is 6.18 Å². The molecule has 0 radical (unpaired) electrons. The summed E-state index contributed by atoms with van der Waals surface area (Å²) in [5.74, 6) is 0.814. The SMILES string of the molecule is O=C(c1ccno1)N1CCC(CNc2ncc(-c3ccccc3)c3nc(C(F)(F)F)ccc23)CC1. The summed E-state index contributed by atoms with van der Waals surface area (Å²) in [4.78, 5) is 22.6. The summed E-state index contributed by atoms with van der Waals surface area (Å²) >= 11 is 0. The van der Waals surface area contributed by atoms with Crippen molar-refractivity contribution in [3.8, 4) is 11.1 Å². The summed E-state index contributed by atoms with van der Waals surface area (Å²) in [6, 6.07) is 13.1. The lowest BCUT2D eigenvalue weighted by Crippen LogP contribution is -2.39. The number of benzene rings is 1. The van der Waals surface area contributed by atoms with Crippen molar-refractivity contribution < 1.29 is 22.5 Å². The van der Waals surface area contributed by atoms with E-state index >= 15 is 0 Å². The van der Waals surface area contributed by atoms with Crippen molar-refractivity contribution in [2.24, 2.45) is 5.92 Å². The van der Waals surface area contributed by atoms with Crippen molar-refractivity contribution in [3.05, 3.63) is 72.4 Å². The van der Waals surface area contributed by atoms with Gasteiger partial charge in [-0.3, -0.25) is 4.79 Å². The summed E-state index contributed by atoms with van der Waals surface area (Å²) in [5.41, 5.74) is 0.586. The number of anilines is 1. The smallest absolute Gasteiger partial charge is 0.369 e. The number of pyridine rings is 2. The van der Waals surface area contributed by atoms with Crippen LogP contribution in [0, 0.1) is 5.92 Å². The average molecular weight is 481 g/mol. The van der Waals surface area contributed by atoms with Crippen LogP contribution in [-0.4, -0.2) is 45.6 Å². The fourth-order valence-electron chi connectivity index (χ4n) is 4.31. The number of halogens is 3. The highest BCUT2D eigenvalue weighted by molar-refractivity contribution is 5.99. The molecule has 1 saturated heterocycles. The summed E-state index contributed by atoms with van der Waals surface area (Å²) in [7, 11) is 0. The number of aromatic nitrogens is 3. The van der Waals surface area contributed by atoms with Gasteiger partial charge in [0, 0.05) is 42.8 Å². The molecule has 7 nitrogen and oxygen atoms in total. The standard InChI is InChI=1S/C25H22F3N5O2/c26-25(27,28)21-7-6-18-22(32-21)19(17-4-2-1-3-5-17)15-30-23(18)29-14-16-9-12-33(13-10-16)24(34)20-8-11-31-35-20/h1-8,11,15-16H,9-10,12-14H2,(H,29,30). The molecule has 0 saturated carbocycles. The lowest BCUT2D eigenvalue weighted by Gasteiger charge is -2.31. The van der Waals surface area contributed by atoms with Gasteiger partial charge in [-0.15, -0.1) is 0 Å². The molecule has 35 heavy (non-hydrogen) atoms. The van der Waals surface area contributed by atoms with Gasteiger partial charge in [0.15, 0.2) is 0 Å². The maximum Gasteiger partial charge on any atom is 0.433 e. The van der Waals surface area contributed by atoms with E-state index in [-0.39, 0.29) is 23.1 Å². The van der Waals surface area contributed by atoms with Crippen LogP contribution < -0.4 is 5.32 Å². The van der Waals surface area contributed by atoms with Gasteiger partial charge in [0.25, 0.3) is 5.91 Å². The third-order valence-corrected chi connectivity index (χ3v) is 6.21. The van der Waals surface area contributed by atoms with Crippen LogP contribution in [0.5, 0.6) is 0 Å². The number of alkyl halides is 3. The summed E-state index contributed by atoms with van der Waals surface area (Å²) < 4.78 is 45.1. The second-order valence-corrected chi connectivity index (χ2v) is 8.47. The van der Waals surface area contributed by atoms with Crippen LogP contribution >= 0.6 is 0 Å². The number of nitrogens with zero attached hydrogens (tertiary/aromatic N) is 4. The maximum atomic E-state index is 13.4. The average Bonchev–Trinajstić information content (AvgIpc) is 3.42. The van der Waals surface area contributed by atoms with Gasteiger partial charge in [0.1, 0.15) is 11.5 Å². The van der Waals surface area contributed by atoms with Crippen molar-refractivity contribution in [2.45, 2.75) is 19.0 Å². The number of carbonyl (C=O) groups excluding carboxylic acids is 1. The number of hydrogen-bond acceptors (Lipinski definition) is 6. The molecule has 1 aliphatic rings. The van der Waals surface area contributed by atoms with Gasteiger partial charge in [0.2, 0.25) is 5.76 Å². The zero-order valence-corrected chi connectivity index (χ0v) is 18.6. The van der Waals surface area contributed by atoms with Crippen molar-refractivity contribution >= 4 is 22.6 Å². The van der Waals surface area contributed by atoms with Crippen LogP contribution in [0.2, 0.25) is 0 Å². The van der Waals surface area contributed by atoms with Crippen molar-refractivity contribution in [1.29, 1.82) is 0 Å². The molecule has 0 atom stereocenters. The Morgan fingerprint density at radius 3 is 2.54 bits per heavy atom. The van der Waals surface area contributed by atoms with Gasteiger partial charge in [-0.25, -0.2) is 9.97 Å². The summed E-state index contributed by atoms with van der Waals surface area (Å²) in [5, 5.41) is 7.41. The largest absolute Gasteiger partial charge is 0.433 e. The number of fused-ring (bicyclic) bond motifs is 1. The minimum absolute atomic E-state index is 0.176. The Balaban J connectivity index is 1.34. The normalized spacial score (nSPS) is 14.9. The molecule has 4 heterocycles. The Hall–Kier alpha value is -3.95. The number of hydrogen-bond donors (Lipinski definition) is 1. The Labute approximate surface area is 199 Å². The van der Waals surface area contributed by atoms with Crippen LogP contribution in [0.25, 0.3) is 22.0 Å². The van der Waals surface area contributed by atoms with Crippen LogP contribution in [0.15, 0.2) is 65.4 Å². The first-order valence-corrected chi connectivity index (χ1v) is 11.3. The van der Waals surface area contributed by atoms with E-state index in [1.165, 1.54) is 12.3 Å². The third-order valence-electron chi connectivity index (χ3n) is 6.21. The molecule has 10 heteroatoms. The molecule has 1 fully saturated rings. The van der Waals surface area contributed by atoms with Gasteiger partial charge in [-0.05, 0) is 36.5 Å². The number of carbonyl (C=O) groups is 1. The lowest BCUT2D eigenvalue weighted by atomic mass is 9.96. The molecular formula is C25H22F3N5O2. The number of likely N-dealkylation sites (tertiary alicyclic amines) is 1. The van der Waals surface area contributed by atoms with E-state index in [0.717, 1.165) is 24.5 Å². The zero-order chi connectivity index (χ0) is 24.4. The second kappa shape index (κ2) is 9.36. The molecule has 4 aromatic rings. The van der Waals surface area contributed by atoms with E-state index in [4.69, 9.17) is 4.52 Å². The Bertz CT molecular complexity index is 1320. The highest BCUT2D eigenvalue weighted by atomic mass is 19.4. The molecule has 3 aromatic heterocycles. The van der Waals surface area contributed by atoms with E-state index in [9.17, 15) is 18.0 Å². The number of piperidine rings is 1. The van der Waals surface area contributed by atoms with E-state index in [0.29, 0.717) is 36.4 Å². The first-order valence-electron chi connectivity index (χ1n) is 11.3. The van der Waals surface area contributed by atoms with Crippen LogP contribution in [0.3, 0.4) is 0 Å². The summed E-state index contributed by atoms with van der Waals surface area (Å²) in [6.45, 7) is 1.76. The van der Waals surface area contributed by atoms with Gasteiger partial charge in [0.05, 0.1) is 11.7 Å². The highest BCUT2D eigenvalue weighted by Gasteiger charge is 2.33. The first kappa shape index (κ1) is 22.8. The molecule has 180 valence electrons. The predicted octanol–water partition coefficient (Wildman–Crippen LogP) is 5.27. The molecule has 1 aromatic carbocycles. The molecule has 5 rings (SSSR count). The molecule has 0 aliphatic carbocycles. The Morgan fingerprint density at radius 2 is 1.86 bits per heavy atom. The third kappa shape index (κ3) is 4.82. The fraction of sp³-hybridized carbons (Fsp3) is 0.280. The van der Waals surface area contributed by atoms with Crippen molar-refractivity contribution in [2.75, 3.05) is 25.0 Å². The lowest BCUT2D eigenvalue weighted by molar-refractivity contribution is -0.140. The number of amides is 1. The number of rotatable bonds is 5. The first-order chi connectivity index (χ1) is 16.9. The molecule has 1 aliphatic heterocycles. The van der Waals surface area contributed by atoms with Crippen LogP contribution in [0.4, 0.5) is 19.0 Å². The Kier molecular flexibility index (Phi) is 6.10. The molecule has 1 N–H and O–H groups in total. The molecular weight excluding hydrogens is 459 g/mol. The molecule has 0 spiro atoms. The monoisotopic (exact) mass is 481 g/mol. The molecule has 1 amide bonds. The number of nitrogens with one attached hydrogen (secondary N) is 1. The minimum Gasteiger partial charge on any atom is -0.369 e. The molecule has 0 unspecified atom stereocenters. The topological polar surface area (TPSA) is 84.2 Å². The van der Waals surface area contributed by atoms with Crippen molar-refractivity contribution in [3.63, 3.8) is 0 Å². The molecule has 0 bridgehead atoms. The maximum absolute atomic E-state index is 13.4. The van der Waals surface area contributed by atoms with E-state index < -0.39 is 11.9 Å². The minimum atomic E-state index is -4.55. The van der Waals surface area contributed by atoms with Gasteiger partial charge < -0.3 is 14.7 Å². The fourth-order valence-corrected chi connectivity index (χ4v) is 4.31. The van der Waals surface area contributed by atoms with Gasteiger partial charge in [-0.2, -0.15) is 13.2 Å². The second-order valence-electron chi connectivity index (χ2n) is 8.47. The van der Waals surface area contributed by atoms with Crippen LogP contribution in [0.1, 0.15) is 29.1 Å². The highest BCUT2D eigenvalue weighted by Crippen LogP contribution is 2.35. The van der Waals surface area contributed by atoms with Gasteiger partial charge in [-0.1, -0.05) is 35.5 Å². The quantitative estimate of drug-likeness (QED) is 0.418. The zero-order valence-electron chi connectivity index (χ0n) is 18.6. The summed E-state index contributed by atoms with van der Waals surface area (Å²) in [6.07, 6.45) is 0.0194. The van der Waals surface area contributed by atoms with Crippen molar-refractivity contribution in [1.82, 2.24) is 20.0 Å². The van der Waals surface area contributed by atoms with E-state index in [2.05, 4.69) is 20.4 Å². The Morgan fingerprint density at radius 1 is 1.09 bits per heavy atom. The van der Waals surface area contributed by atoms with Crippen LogP contribution in [-0.2, 0) is 6.18 Å². The predicted molar refractivity (Wildman–Crippen MR) is 124 cm³/mol. The van der Waals surface area contributed by atoms with E-state index in [1.54, 1.807) is 17.2 Å².